The Hall–Kier alpha value is -0.170. The largest absolute Gasteiger partial charge is 0.335 e. The van der Waals surface area contributed by atoms with E-state index in [2.05, 4.69) is 10.0 Å². The molecule has 16 heavy (non-hydrogen) atoms. The van der Waals surface area contributed by atoms with Crippen molar-refractivity contribution in [1.29, 1.82) is 0 Å². The van der Waals surface area contributed by atoms with E-state index in [-0.39, 0.29) is 24.1 Å². The summed E-state index contributed by atoms with van der Waals surface area (Å²) in [4.78, 5) is 0. The number of nitrogens with one attached hydrogen (secondary N) is 2. The van der Waals surface area contributed by atoms with E-state index in [4.69, 9.17) is 4.18 Å². The lowest BCUT2D eigenvalue weighted by Crippen LogP contribution is -2.47. The molecule has 2 N–H and O–H groups in total. The van der Waals surface area contributed by atoms with Crippen LogP contribution in [0.5, 0.6) is 0 Å². The predicted molar refractivity (Wildman–Crippen MR) is 65.4 cm³/mol. The highest BCUT2D eigenvalue weighted by Crippen LogP contribution is 2.20. The summed E-state index contributed by atoms with van der Waals surface area (Å²) in [7, 11) is -2.27. The first kappa shape index (κ1) is 15.8. The van der Waals surface area contributed by atoms with E-state index >= 15 is 0 Å². The summed E-state index contributed by atoms with van der Waals surface area (Å²) in [5.74, 6) is 0. The molecule has 0 bridgehead atoms. The van der Waals surface area contributed by atoms with Crippen LogP contribution >= 0.6 is 0 Å². The molecule has 0 radical (unpaired) electrons. The average molecular weight is 252 g/mol. The van der Waals surface area contributed by atoms with Crippen LogP contribution in [0, 0.1) is 5.41 Å². The number of hydrogen-bond donors (Lipinski definition) is 2. The van der Waals surface area contributed by atoms with Crippen LogP contribution in [0.1, 0.15) is 34.6 Å². The SMILES string of the molecule is CNS(=O)(=O)OC[C@@H](NC(C)C)C(C)(C)C. The third kappa shape index (κ3) is 6.42. The standard InChI is InChI=1S/C10H24N2O3S/c1-8(2)12-9(10(3,4)5)7-15-16(13,14)11-6/h8-9,11-12H,7H2,1-6H3/t9-/m1/s1. The lowest BCUT2D eigenvalue weighted by Gasteiger charge is -2.32. The molecule has 0 aromatic carbocycles. The molecule has 5 nitrogen and oxygen atoms in total. The van der Waals surface area contributed by atoms with Crippen molar-refractivity contribution in [3.8, 4) is 0 Å². The van der Waals surface area contributed by atoms with Gasteiger partial charge in [-0.05, 0) is 5.41 Å². The number of rotatable bonds is 6. The molecule has 0 aromatic rings. The molecule has 1 atom stereocenters. The molecule has 98 valence electrons. The minimum Gasteiger partial charge on any atom is -0.309 e. The van der Waals surface area contributed by atoms with Crippen molar-refractivity contribution in [1.82, 2.24) is 10.0 Å². The topological polar surface area (TPSA) is 67.4 Å². The van der Waals surface area contributed by atoms with Gasteiger partial charge in [0.05, 0.1) is 6.61 Å². The molecule has 0 unspecified atom stereocenters. The first-order chi connectivity index (χ1) is 7.08. The van der Waals surface area contributed by atoms with Crippen LogP contribution in [-0.4, -0.2) is 34.2 Å². The van der Waals surface area contributed by atoms with E-state index in [0.717, 1.165) is 0 Å². The van der Waals surface area contributed by atoms with Gasteiger partial charge < -0.3 is 5.32 Å². The van der Waals surface area contributed by atoms with Gasteiger partial charge in [0.1, 0.15) is 0 Å². The van der Waals surface area contributed by atoms with Crippen molar-refractivity contribution in [3.63, 3.8) is 0 Å². The lowest BCUT2D eigenvalue weighted by molar-refractivity contribution is 0.168. The molecular weight excluding hydrogens is 228 g/mol. The maximum absolute atomic E-state index is 11.2. The summed E-state index contributed by atoms with van der Waals surface area (Å²) in [6.07, 6.45) is 0. The summed E-state index contributed by atoms with van der Waals surface area (Å²) < 4.78 is 29.3. The van der Waals surface area contributed by atoms with Crippen molar-refractivity contribution >= 4 is 10.3 Å². The first-order valence-electron chi connectivity index (χ1n) is 5.42. The van der Waals surface area contributed by atoms with Gasteiger partial charge in [0.2, 0.25) is 0 Å². The van der Waals surface area contributed by atoms with Gasteiger partial charge in [0.15, 0.2) is 0 Å². The molecule has 0 fully saturated rings. The Morgan fingerprint density at radius 2 is 1.75 bits per heavy atom. The Morgan fingerprint density at radius 1 is 1.25 bits per heavy atom. The predicted octanol–water partition coefficient (Wildman–Crippen LogP) is 0.880. The summed E-state index contributed by atoms with van der Waals surface area (Å²) in [5, 5.41) is 3.30. The molecule has 0 aromatic heterocycles. The van der Waals surface area contributed by atoms with Crippen LogP contribution in [0.4, 0.5) is 0 Å². The van der Waals surface area contributed by atoms with Gasteiger partial charge in [-0.1, -0.05) is 34.6 Å². The fourth-order valence-corrected chi connectivity index (χ4v) is 1.60. The highest BCUT2D eigenvalue weighted by atomic mass is 32.2. The molecule has 6 heteroatoms. The summed E-state index contributed by atoms with van der Waals surface area (Å²) in [6.45, 7) is 10.3. The Labute approximate surface area is 99.2 Å². The van der Waals surface area contributed by atoms with Crippen molar-refractivity contribution in [2.24, 2.45) is 5.41 Å². The molecule has 0 amide bonds. The van der Waals surface area contributed by atoms with Gasteiger partial charge in [-0.2, -0.15) is 13.1 Å². The maximum Gasteiger partial charge on any atom is 0.335 e. The Bertz CT molecular complexity index is 294. The Kier molecular flexibility index (Phi) is 5.89. The van der Waals surface area contributed by atoms with E-state index in [0.29, 0.717) is 0 Å². The highest BCUT2D eigenvalue weighted by molar-refractivity contribution is 7.84. The first-order valence-corrected chi connectivity index (χ1v) is 6.83. The summed E-state index contributed by atoms with van der Waals surface area (Å²) >= 11 is 0. The van der Waals surface area contributed by atoms with Crippen molar-refractivity contribution in [3.05, 3.63) is 0 Å². The quantitative estimate of drug-likeness (QED) is 0.736. The second-order valence-electron chi connectivity index (χ2n) is 5.18. The van der Waals surface area contributed by atoms with E-state index < -0.39 is 10.3 Å². The maximum atomic E-state index is 11.2. The van der Waals surface area contributed by atoms with Crippen LogP contribution in [0.25, 0.3) is 0 Å². The smallest absolute Gasteiger partial charge is 0.309 e. The van der Waals surface area contributed by atoms with E-state index in [1.165, 1.54) is 7.05 Å². The molecule has 0 saturated heterocycles. The minimum absolute atomic E-state index is 0.0179. The van der Waals surface area contributed by atoms with Gasteiger partial charge in [-0.15, -0.1) is 0 Å². The van der Waals surface area contributed by atoms with Gasteiger partial charge in [-0.3, -0.25) is 4.18 Å². The second kappa shape index (κ2) is 5.95. The molecule has 0 spiro atoms. The average Bonchev–Trinajstić information content (AvgIpc) is 2.10. The molecule has 0 aliphatic carbocycles. The molecule has 0 rings (SSSR count). The zero-order valence-corrected chi connectivity index (χ0v) is 11.8. The molecule has 0 saturated carbocycles. The fourth-order valence-electron chi connectivity index (χ4n) is 1.17. The van der Waals surface area contributed by atoms with Crippen LogP contribution in [0.15, 0.2) is 0 Å². The van der Waals surface area contributed by atoms with Gasteiger partial charge >= 0.3 is 10.3 Å². The summed E-state index contributed by atoms with van der Waals surface area (Å²) in [6, 6.07) is 0.265. The zero-order valence-electron chi connectivity index (χ0n) is 11.0. The van der Waals surface area contributed by atoms with Gasteiger partial charge in [0, 0.05) is 19.1 Å². The normalized spacial score (nSPS) is 15.4. The molecule has 0 heterocycles. The number of hydrogen-bond acceptors (Lipinski definition) is 4. The highest BCUT2D eigenvalue weighted by Gasteiger charge is 2.26. The molecular formula is C10H24N2O3S. The van der Waals surface area contributed by atoms with E-state index in [1.54, 1.807) is 0 Å². The van der Waals surface area contributed by atoms with E-state index in [9.17, 15) is 8.42 Å². The lowest BCUT2D eigenvalue weighted by atomic mass is 9.87. The van der Waals surface area contributed by atoms with Gasteiger partial charge in [0.25, 0.3) is 0 Å². The van der Waals surface area contributed by atoms with Crippen molar-refractivity contribution in [2.75, 3.05) is 13.7 Å². The van der Waals surface area contributed by atoms with Crippen molar-refractivity contribution < 1.29 is 12.6 Å². The monoisotopic (exact) mass is 252 g/mol. The van der Waals surface area contributed by atoms with Crippen LogP contribution in [-0.2, 0) is 14.5 Å². The molecule has 0 aliphatic heterocycles. The minimum atomic E-state index is -3.60. The summed E-state index contributed by atoms with van der Waals surface area (Å²) in [5.41, 5.74) is -0.0620. The second-order valence-corrected chi connectivity index (χ2v) is 6.73. The third-order valence-corrected chi connectivity index (χ3v) is 3.17. The van der Waals surface area contributed by atoms with Crippen LogP contribution in [0.2, 0.25) is 0 Å². The van der Waals surface area contributed by atoms with Crippen molar-refractivity contribution in [2.45, 2.75) is 46.7 Å². The Balaban J connectivity index is 4.46. The van der Waals surface area contributed by atoms with Crippen LogP contribution in [0.3, 0.4) is 0 Å². The molecule has 0 aliphatic rings. The van der Waals surface area contributed by atoms with E-state index in [1.807, 2.05) is 34.6 Å². The zero-order chi connectivity index (χ0) is 13.0. The van der Waals surface area contributed by atoms with Crippen LogP contribution < -0.4 is 10.0 Å². The Morgan fingerprint density at radius 3 is 2.06 bits per heavy atom. The third-order valence-electron chi connectivity index (χ3n) is 2.22. The van der Waals surface area contributed by atoms with Gasteiger partial charge in [-0.25, -0.2) is 0 Å². The fraction of sp³-hybridized carbons (Fsp3) is 1.00.